The molecule has 17 heavy (non-hydrogen) atoms. The summed E-state index contributed by atoms with van der Waals surface area (Å²) >= 11 is 0. The summed E-state index contributed by atoms with van der Waals surface area (Å²) in [5.41, 5.74) is 3.64. The highest BCUT2D eigenvalue weighted by molar-refractivity contribution is 5.65. The lowest BCUT2D eigenvalue weighted by molar-refractivity contribution is 0.398. The second kappa shape index (κ2) is 4.67. The van der Waals surface area contributed by atoms with Gasteiger partial charge in [-0.3, -0.25) is 0 Å². The fourth-order valence-corrected chi connectivity index (χ4v) is 1.59. The van der Waals surface area contributed by atoms with E-state index in [1.54, 1.807) is 19.4 Å². The molecule has 0 radical (unpaired) electrons. The van der Waals surface area contributed by atoms with Gasteiger partial charge in [-0.25, -0.2) is 4.98 Å². The smallest absolute Gasteiger partial charge is 0.212 e. The van der Waals surface area contributed by atoms with Gasteiger partial charge < -0.3 is 4.74 Å². The summed E-state index contributed by atoms with van der Waals surface area (Å²) in [7, 11) is 1.58. The Morgan fingerprint density at radius 1 is 1.18 bits per heavy atom. The highest BCUT2D eigenvalue weighted by Crippen LogP contribution is 2.22. The van der Waals surface area contributed by atoms with E-state index in [4.69, 9.17) is 10.00 Å². The molecule has 2 aromatic rings. The Hall–Kier alpha value is -2.34. The van der Waals surface area contributed by atoms with Crippen LogP contribution in [0.2, 0.25) is 0 Å². The zero-order valence-corrected chi connectivity index (χ0v) is 9.77. The first-order chi connectivity index (χ1) is 8.24. The summed E-state index contributed by atoms with van der Waals surface area (Å²) in [6.07, 6.45) is 1.74. The highest BCUT2D eigenvalue weighted by Gasteiger charge is 2.03. The molecular formula is C14H12N2O. The molecule has 1 heterocycles. The van der Waals surface area contributed by atoms with Crippen molar-refractivity contribution in [3.8, 4) is 23.1 Å². The summed E-state index contributed by atoms with van der Waals surface area (Å²) in [5, 5.41) is 8.99. The predicted molar refractivity (Wildman–Crippen MR) is 65.7 cm³/mol. The van der Waals surface area contributed by atoms with Crippen LogP contribution in [0.5, 0.6) is 5.88 Å². The van der Waals surface area contributed by atoms with Crippen LogP contribution in [0, 0.1) is 18.3 Å². The normalized spacial score (nSPS) is 9.71. The van der Waals surface area contributed by atoms with Crippen LogP contribution in [0.15, 0.2) is 36.5 Å². The Balaban J connectivity index is 2.43. The Morgan fingerprint density at radius 2 is 1.94 bits per heavy atom. The molecule has 1 aromatic heterocycles. The molecule has 0 spiro atoms. The molecule has 2 rings (SSSR count). The molecule has 0 bridgehead atoms. The van der Waals surface area contributed by atoms with Gasteiger partial charge in [0.25, 0.3) is 0 Å². The zero-order valence-electron chi connectivity index (χ0n) is 9.77. The van der Waals surface area contributed by atoms with Gasteiger partial charge in [-0.1, -0.05) is 12.1 Å². The molecule has 0 saturated carbocycles. The van der Waals surface area contributed by atoms with Crippen molar-refractivity contribution in [1.29, 1.82) is 5.26 Å². The molecule has 0 N–H and O–H groups in total. The minimum atomic E-state index is 0.585. The number of methoxy groups -OCH3 is 1. The van der Waals surface area contributed by atoms with Gasteiger partial charge in [-0.15, -0.1) is 0 Å². The number of rotatable bonds is 2. The van der Waals surface area contributed by atoms with Crippen LogP contribution in [0.1, 0.15) is 11.1 Å². The number of hydrogen-bond donors (Lipinski definition) is 0. The molecule has 0 amide bonds. The largest absolute Gasteiger partial charge is 0.481 e. The number of nitriles is 1. The van der Waals surface area contributed by atoms with E-state index in [1.165, 1.54) is 0 Å². The van der Waals surface area contributed by atoms with Crippen molar-refractivity contribution < 1.29 is 4.74 Å². The summed E-state index contributed by atoms with van der Waals surface area (Å²) in [6, 6.07) is 11.7. The number of nitrogens with zero attached hydrogens (tertiary/aromatic N) is 2. The van der Waals surface area contributed by atoms with E-state index >= 15 is 0 Å². The molecule has 0 atom stereocenters. The molecule has 3 heteroatoms. The number of ether oxygens (including phenoxy) is 1. The Labute approximate surface area is 100 Å². The van der Waals surface area contributed by atoms with E-state index in [2.05, 4.69) is 11.1 Å². The minimum Gasteiger partial charge on any atom is -0.481 e. The fourth-order valence-electron chi connectivity index (χ4n) is 1.59. The van der Waals surface area contributed by atoms with Crippen molar-refractivity contribution in [2.45, 2.75) is 6.92 Å². The maximum atomic E-state index is 8.99. The monoisotopic (exact) mass is 224 g/mol. The zero-order chi connectivity index (χ0) is 12.3. The van der Waals surface area contributed by atoms with Gasteiger partial charge in [0.15, 0.2) is 0 Å². The van der Waals surface area contributed by atoms with Crippen molar-refractivity contribution in [3.05, 3.63) is 47.7 Å². The van der Waals surface area contributed by atoms with Crippen LogP contribution in [0.3, 0.4) is 0 Å². The van der Waals surface area contributed by atoms with Crippen LogP contribution in [-0.4, -0.2) is 12.1 Å². The Morgan fingerprint density at radius 3 is 2.53 bits per heavy atom. The van der Waals surface area contributed by atoms with Gasteiger partial charge in [0.1, 0.15) is 0 Å². The fraction of sp³-hybridized carbons (Fsp3) is 0.143. The lowest BCUT2D eigenvalue weighted by atomic mass is 10.0. The summed E-state index contributed by atoms with van der Waals surface area (Å²) in [6.45, 7) is 1.93. The average Bonchev–Trinajstić information content (AvgIpc) is 2.39. The van der Waals surface area contributed by atoms with Gasteiger partial charge in [0.05, 0.1) is 18.7 Å². The van der Waals surface area contributed by atoms with Crippen molar-refractivity contribution in [2.24, 2.45) is 0 Å². The number of aryl methyl sites for hydroxylation is 1. The molecule has 0 aliphatic rings. The van der Waals surface area contributed by atoms with Crippen molar-refractivity contribution >= 4 is 0 Å². The first kappa shape index (κ1) is 11.2. The molecule has 0 fully saturated rings. The molecule has 1 aromatic carbocycles. The second-order valence-electron chi connectivity index (χ2n) is 3.73. The molecule has 0 saturated heterocycles. The Kier molecular flexibility index (Phi) is 3.06. The second-order valence-corrected chi connectivity index (χ2v) is 3.73. The van der Waals surface area contributed by atoms with Gasteiger partial charge >= 0.3 is 0 Å². The molecule has 0 aliphatic carbocycles. The van der Waals surface area contributed by atoms with E-state index in [0.717, 1.165) is 16.7 Å². The SMILES string of the molecule is COc1ccc(-c2ccc(C)c(C#N)c2)cn1. The first-order valence-corrected chi connectivity index (χ1v) is 5.26. The molecule has 84 valence electrons. The molecule has 0 unspecified atom stereocenters. The van der Waals surface area contributed by atoms with Gasteiger partial charge in [0, 0.05) is 17.8 Å². The summed E-state index contributed by atoms with van der Waals surface area (Å²) < 4.78 is 5.01. The highest BCUT2D eigenvalue weighted by atomic mass is 16.5. The number of hydrogen-bond acceptors (Lipinski definition) is 3. The minimum absolute atomic E-state index is 0.585. The standard InChI is InChI=1S/C14H12N2O/c1-10-3-4-11(7-13(10)8-15)12-5-6-14(17-2)16-9-12/h3-7,9H,1-2H3. The van der Waals surface area contributed by atoms with Crippen LogP contribution in [0.25, 0.3) is 11.1 Å². The van der Waals surface area contributed by atoms with E-state index in [1.807, 2.05) is 31.2 Å². The van der Waals surface area contributed by atoms with Crippen molar-refractivity contribution in [1.82, 2.24) is 4.98 Å². The lowest BCUT2D eigenvalue weighted by Crippen LogP contribution is -1.88. The first-order valence-electron chi connectivity index (χ1n) is 5.26. The molecular weight excluding hydrogens is 212 g/mol. The van der Waals surface area contributed by atoms with Gasteiger partial charge in [0.2, 0.25) is 5.88 Å². The third kappa shape index (κ3) is 2.26. The quantitative estimate of drug-likeness (QED) is 0.787. The van der Waals surface area contributed by atoms with Crippen LogP contribution < -0.4 is 4.74 Å². The molecule has 3 nitrogen and oxygen atoms in total. The summed E-state index contributed by atoms with van der Waals surface area (Å²) in [5.74, 6) is 0.585. The number of benzene rings is 1. The van der Waals surface area contributed by atoms with Crippen molar-refractivity contribution in [3.63, 3.8) is 0 Å². The number of pyridine rings is 1. The van der Waals surface area contributed by atoms with Crippen molar-refractivity contribution in [2.75, 3.05) is 7.11 Å². The lowest BCUT2D eigenvalue weighted by Gasteiger charge is -2.04. The van der Waals surface area contributed by atoms with E-state index in [0.29, 0.717) is 11.4 Å². The predicted octanol–water partition coefficient (Wildman–Crippen LogP) is 2.94. The van der Waals surface area contributed by atoms with Gasteiger partial charge in [-0.05, 0) is 30.2 Å². The molecule has 0 aliphatic heterocycles. The maximum absolute atomic E-state index is 8.99. The topological polar surface area (TPSA) is 45.9 Å². The van der Waals surface area contributed by atoms with E-state index in [9.17, 15) is 0 Å². The van der Waals surface area contributed by atoms with Gasteiger partial charge in [-0.2, -0.15) is 5.26 Å². The average molecular weight is 224 g/mol. The van der Waals surface area contributed by atoms with Crippen LogP contribution in [-0.2, 0) is 0 Å². The Bertz CT molecular complexity index is 568. The van der Waals surface area contributed by atoms with Crippen LogP contribution >= 0.6 is 0 Å². The third-order valence-electron chi connectivity index (χ3n) is 2.64. The maximum Gasteiger partial charge on any atom is 0.212 e. The van der Waals surface area contributed by atoms with Crippen LogP contribution in [0.4, 0.5) is 0 Å². The summed E-state index contributed by atoms with van der Waals surface area (Å²) in [4.78, 5) is 4.15. The number of aromatic nitrogens is 1. The van der Waals surface area contributed by atoms with E-state index < -0.39 is 0 Å². The third-order valence-corrected chi connectivity index (χ3v) is 2.64. The van der Waals surface area contributed by atoms with E-state index in [-0.39, 0.29) is 0 Å².